The molecule has 1 fully saturated rings. The zero-order valence-corrected chi connectivity index (χ0v) is 8.27. The van der Waals surface area contributed by atoms with Crippen molar-refractivity contribution in [3.8, 4) is 0 Å². The number of nitrogens with two attached hydrogens (primary N) is 1. The van der Waals surface area contributed by atoms with Crippen molar-refractivity contribution in [1.82, 2.24) is 0 Å². The summed E-state index contributed by atoms with van der Waals surface area (Å²) in [5, 5.41) is 14.0. The van der Waals surface area contributed by atoms with Gasteiger partial charge in [0.25, 0.3) is 0 Å². The van der Waals surface area contributed by atoms with Gasteiger partial charge in [-0.3, -0.25) is 10.1 Å². The van der Waals surface area contributed by atoms with Gasteiger partial charge in [0.15, 0.2) is 0 Å². The van der Waals surface area contributed by atoms with E-state index >= 15 is 0 Å². The van der Waals surface area contributed by atoms with Crippen LogP contribution in [0.5, 0.6) is 0 Å². The van der Waals surface area contributed by atoms with E-state index in [2.05, 4.69) is 5.32 Å². The first-order chi connectivity index (χ1) is 7.18. The molecule has 0 aromatic heterocycles. The molecular formula is C10H13N3O2. The number of anilines is 2. The first-order valence-electron chi connectivity index (χ1n) is 4.98. The molecule has 0 bridgehead atoms. The molecule has 1 aromatic carbocycles. The molecule has 80 valence electrons. The van der Waals surface area contributed by atoms with E-state index in [0.29, 0.717) is 11.7 Å². The van der Waals surface area contributed by atoms with Gasteiger partial charge in [0.2, 0.25) is 0 Å². The SMILES string of the molecule is Nc1cccc(NC2CCC2)c1[N+](=O)[O-]. The molecule has 0 heterocycles. The molecule has 0 amide bonds. The maximum absolute atomic E-state index is 10.8. The first-order valence-corrected chi connectivity index (χ1v) is 4.98. The summed E-state index contributed by atoms with van der Waals surface area (Å²) in [5.74, 6) is 0. The number of hydrogen-bond acceptors (Lipinski definition) is 4. The van der Waals surface area contributed by atoms with E-state index < -0.39 is 4.92 Å². The fraction of sp³-hybridized carbons (Fsp3) is 0.400. The van der Waals surface area contributed by atoms with Crippen molar-refractivity contribution in [3.05, 3.63) is 28.3 Å². The number of para-hydroxylation sites is 1. The highest BCUT2D eigenvalue weighted by Crippen LogP contribution is 2.33. The quantitative estimate of drug-likeness (QED) is 0.452. The number of benzene rings is 1. The van der Waals surface area contributed by atoms with Gasteiger partial charge in [-0.25, -0.2) is 0 Å². The van der Waals surface area contributed by atoms with Crippen LogP contribution in [-0.2, 0) is 0 Å². The lowest BCUT2D eigenvalue weighted by atomic mass is 9.93. The molecule has 1 aliphatic carbocycles. The van der Waals surface area contributed by atoms with Gasteiger partial charge in [0.1, 0.15) is 11.4 Å². The molecule has 1 saturated carbocycles. The molecule has 3 N–H and O–H groups in total. The molecule has 0 saturated heterocycles. The number of nitro groups is 1. The number of nitrogens with one attached hydrogen (secondary N) is 1. The molecule has 5 nitrogen and oxygen atoms in total. The maximum Gasteiger partial charge on any atom is 0.314 e. The van der Waals surface area contributed by atoms with Crippen LogP contribution in [-0.4, -0.2) is 11.0 Å². The molecule has 15 heavy (non-hydrogen) atoms. The Morgan fingerprint density at radius 1 is 1.47 bits per heavy atom. The lowest BCUT2D eigenvalue weighted by Crippen LogP contribution is -2.27. The summed E-state index contributed by atoms with van der Waals surface area (Å²) in [6.45, 7) is 0. The highest BCUT2D eigenvalue weighted by molar-refractivity contribution is 5.74. The summed E-state index contributed by atoms with van der Waals surface area (Å²) in [7, 11) is 0. The summed E-state index contributed by atoms with van der Waals surface area (Å²) >= 11 is 0. The van der Waals surface area contributed by atoms with Gasteiger partial charge in [-0.15, -0.1) is 0 Å². The van der Waals surface area contributed by atoms with Crippen molar-refractivity contribution in [2.45, 2.75) is 25.3 Å². The van der Waals surface area contributed by atoms with E-state index in [9.17, 15) is 10.1 Å². The van der Waals surface area contributed by atoms with Crippen LogP contribution in [0.15, 0.2) is 18.2 Å². The van der Waals surface area contributed by atoms with Crippen LogP contribution in [0.1, 0.15) is 19.3 Å². The van der Waals surface area contributed by atoms with Crippen LogP contribution in [0, 0.1) is 10.1 Å². The summed E-state index contributed by atoms with van der Waals surface area (Å²) in [4.78, 5) is 10.4. The van der Waals surface area contributed by atoms with Crippen molar-refractivity contribution < 1.29 is 4.92 Å². The molecule has 5 heteroatoms. The molecule has 1 aliphatic rings. The number of nitrogens with zero attached hydrogens (tertiary/aromatic N) is 1. The summed E-state index contributed by atoms with van der Waals surface area (Å²) < 4.78 is 0. The van der Waals surface area contributed by atoms with Crippen molar-refractivity contribution in [2.75, 3.05) is 11.1 Å². The molecular weight excluding hydrogens is 194 g/mol. The van der Waals surface area contributed by atoms with Gasteiger partial charge < -0.3 is 11.1 Å². The number of nitro benzene ring substituents is 1. The standard InChI is InChI=1S/C10H13N3O2/c11-8-5-2-6-9(10(8)13(14)15)12-7-3-1-4-7/h2,5-7,12H,1,3-4,11H2. The average molecular weight is 207 g/mol. The molecule has 0 unspecified atom stereocenters. The Labute approximate surface area is 87.4 Å². The second-order valence-corrected chi connectivity index (χ2v) is 3.77. The molecule has 2 rings (SSSR count). The van der Waals surface area contributed by atoms with E-state index in [1.54, 1.807) is 18.2 Å². The zero-order valence-electron chi connectivity index (χ0n) is 8.27. The zero-order chi connectivity index (χ0) is 10.8. The van der Waals surface area contributed by atoms with Crippen LogP contribution in [0.2, 0.25) is 0 Å². The van der Waals surface area contributed by atoms with Crippen molar-refractivity contribution in [3.63, 3.8) is 0 Å². The Balaban J connectivity index is 2.27. The number of nitrogen functional groups attached to an aromatic ring is 1. The van der Waals surface area contributed by atoms with E-state index in [1.807, 2.05) is 0 Å². The first kappa shape index (κ1) is 9.76. The lowest BCUT2D eigenvalue weighted by Gasteiger charge is -2.27. The molecule has 0 spiro atoms. The van der Waals surface area contributed by atoms with Crippen LogP contribution in [0.25, 0.3) is 0 Å². The van der Waals surface area contributed by atoms with Crippen molar-refractivity contribution >= 4 is 17.1 Å². The summed E-state index contributed by atoms with van der Waals surface area (Å²) in [6.07, 6.45) is 3.34. The largest absolute Gasteiger partial charge is 0.393 e. The Morgan fingerprint density at radius 2 is 2.20 bits per heavy atom. The third kappa shape index (κ3) is 1.86. The highest BCUT2D eigenvalue weighted by atomic mass is 16.6. The molecule has 0 aliphatic heterocycles. The molecule has 0 atom stereocenters. The summed E-state index contributed by atoms with van der Waals surface area (Å²) in [6, 6.07) is 5.34. The Morgan fingerprint density at radius 3 is 2.73 bits per heavy atom. The molecule has 1 aromatic rings. The second kappa shape index (κ2) is 3.76. The van der Waals surface area contributed by atoms with E-state index in [4.69, 9.17) is 5.73 Å². The highest BCUT2D eigenvalue weighted by Gasteiger charge is 2.23. The average Bonchev–Trinajstić information content (AvgIpc) is 2.10. The van der Waals surface area contributed by atoms with Crippen molar-refractivity contribution in [1.29, 1.82) is 0 Å². The summed E-state index contributed by atoms with van der Waals surface area (Å²) in [5.41, 5.74) is 6.31. The van der Waals surface area contributed by atoms with Crippen LogP contribution in [0.3, 0.4) is 0 Å². The van der Waals surface area contributed by atoms with Gasteiger partial charge in [-0.05, 0) is 31.4 Å². The predicted molar refractivity (Wildman–Crippen MR) is 58.8 cm³/mol. The fourth-order valence-electron chi connectivity index (χ4n) is 1.65. The number of hydrogen-bond donors (Lipinski definition) is 2. The van der Waals surface area contributed by atoms with Gasteiger partial charge in [-0.1, -0.05) is 6.07 Å². The van der Waals surface area contributed by atoms with E-state index in [1.165, 1.54) is 6.42 Å². The predicted octanol–water partition coefficient (Wildman–Crippen LogP) is 2.14. The van der Waals surface area contributed by atoms with Gasteiger partial charge >= 0.3 is 5.69 Å². The smallest absolute Gasteiger partial charge is 0.314 e. The van der Waals surface area contributed by atoms with E-state index in [0.717, 1.165) is 12.8 Å². The fourth-order valence-corrected chi connectivity index (χ4v) is 1.65. The Kier molecular flexibility index (Phi) is 2.45. The lowest BCUT2D eigenvalue weighted by molar-refractivity contribution is -0.383. The van der Waals surface area contributed by atoms with Crippen LogP contribution in [0.4, 0.5) is 17.1 Å². The third-order valence-electron chi connectivity index (χ3n) is 2.71. The van der Waals surface area contributed by atoms with Crippen LogP contribution >= 0.6 is 0 Å². The minimum atomic E-state index is -0.434. The number of rotatable bonds is 3. The van der Waals surface area contributed by atoms with Crippen molar-refractivity contribution in [2.24, 2.45) is 0 Å². The normalized spacial score (nSPS) is 15.7. The Hall–Kier alpha value is -1.78. The minimum Gasteiger partial charge on any atom is -0.393 e. The third-order valence-corrected chi connectivity index (χ3v) is 2.71. The van der Waals surface area contributed by atoms with E-state index in [-0.39, 0.29) is 11.4 Å². The minimum absolute atomic E-state index is 0.00981. The van der Waals surface area contributed by atoms with Gasteiger partial charge in [0.05, 0.1) is 4.92 Å². The topological polar surface area (TPSA) is 81.2 Å². The second-order valence-electron chi connectivity index (χ2n) is 3.77. The molecule has 0 radical (unpaired) electrons. The monoisotopic (exact) mass is 207 g/mol. The van der Waals surface area contributed by atoms with Crippen LogP contribution < -0.4 is 11.1 Å². The van der Waals surface area contributed by atoms with Gasteiger partial charge in [-0.2, -0.15) is 0 Å². The Bertz CT molecular complexity index is 388. The van der Waals surface area contributed by atoms with Gasteiger partial charge in [0, 0.05) is 6.04 Å². The maximum atomic E-state index is 10.8.